The van der Waals surface area contributed by atoms with Crippen LogP contribution in [0.1, 0.15) is 11.3 Å². The third-order valence-electron chi connectivity index (χ3n) is 4.83. The smallest absolute Gasteiger partial charge is 0.264 e. The number of carbonyl (C=O) groups is 2. The molecule has 0 saturated carbocycles. The number of halogens is 3. The van der Waals surface area contributed by atoms with E-state index in [1.807, 2.05) is 23.6 Å². The number of aryl methyl sites for hydroxylation is 1. The van der Waals surface area contributed by atoms with Gasteiger partial charge in [-0.2, -0.15) is 8.42 Å². The highest BCUT2D eigenvalue weighted by Crippen LogP contribution is 2.35. The number of likely N-dealkylation sites (N-methyl/N-ethyl adjacent to an activating group) is 1. The second kappa shape index (κ2) is 11.1. The van der Waals surface area contributed by atoms with Crippen LogP contribution in [0.5, 0.6) is 5.75 Å². The van der Waals surface area contributed by atoms with Crippen molar-refractivity contribution in [2.24, 2.45) is 0 Å². The van der Waals surface area contributed by atoms with Crippen molar-refractivity contribution in [1.29, 1.82) is 0 Å². The standard InChI is InChI=1S/C21H21BrCl2N4O6S/c1-12-20(22)28-8-4-5-16(21(28)26-12)33-10-13-14(23)6-7-15(19(13)24)27(2)18(30)9-25-17(29)11-34-35(3,31)32/h4-8H,9-11H2,1-3H3,(H,25,29). The normalized spacial score (nSPS) is 11.5. The molecule has 0 aliphatic rings. The highest BCUT2D eigenvalue weighted by atomic mass is 79.9. The van der Waals surface area contributed by atoms with E-state index in [9.17, 15) is 18.0 Å². The third-order valence-corrected chi connectivity index (χ3v) is 7.11. The summed E-state index contributed by atoms with van der Waals surface area (Å²) in [7, 11) is -2.30. The van der Waals surface area contributed by atoms with Gasteiger partial charge in [-0.15, -0.1) is 0 Å². The number of pyridine rings is 1. The highest BCUT2D eigenvalue weighted by molar-refractivity contribution is 9.10. The summed E-state index contributed by atoms with van der Waals surface area (Å²) < 4.78 is 34.9. The molecule has 0 radical (unpaired) electrons. The number of carbonyl (C=O) groups excluding carboxylic acids is 2. The Morgan fingerprint density at radius 3 is 2.66 bits per heavy atom. The molecule has 0 aliphatic carbocycles. The predicted octanol–water partition coefficient (Wildman–Crippen LogP) is 3.35. The first-order valence-corrected chi connectivity index (χ1v) is 13.4. The molecule has 0 atom stereocenters. The summed E-state index contributed by atoms with van der Waals surface area (Å²) >= 11 is 16.4. The number of rotatable bonds is 9. The molecule has 0 fully saturated rings. The summed E-state index contributed by atoms with van der Waals surface area (Å²) in [6, 6.07) is 6.73. The molecule has 3 rings (SSSR count). The minimum atomic E-state index is -3.78. The van der Waals surface area contributed by atoms with Crippen LogP contribution in [0.2, 0.25) is 10.0 Å². The molecule has 0 unspecified atom stereocenters. The molecule has 0 aliphatic heterocycles. The summed E-state index contributed by atoms with van der Waals surface area (Å²) in [5, 5.41) is 2.84. The van der Waals surface area contributed by atoms with Gasteiger partial charge in [0.15, 0.2) is 11.4 Å². The van der Waals surface area contributed by atoms with Crippen LogP contribution in [0, 0.1) is 6.92 Å². The topological polar surface area (TPSA) is 119 Å². The first-order valence-electron chi connectivity index (χ1n) is 9.99. The van der Waals surface area contributed by atoms with E-state index in [2.05, 4.69) is 30.4 Å². The quantitative estimate of drug-likeness (QED) is 0.371. The highest BCUT2D eigenvalue weighted by Gasteiger charge is 2.20. The molecule has 0 saturated heterocycles. The molecule has 2 amide bonds. The summed E-state index contributed by atoms with van der Waals surface area (Å²) in [6.45, 7) is 0.754. The van der Waals surface area contributed by atoms with E-state index in [1.54, 1.807) is 18.2 Å². The van der Waals surface area contributed by atoms with Crippen LogP contribution in [0.3, 0.4) is 0 Å². The van der Waals surface area contributed by atoms with Crippen molar-refractivity contribution in [3.8, 4) is 5.75 Å². The Hall–Kier alpha value is -2.38. The van der Waals surface area contributed by atoms with Crippen LogP contribution >= 0.6 is 39.1 Å². The Bertz CT molecular complexity index is 1400. The second-order valence-electron chi connectivity index (χ2n) is 7.40. The lowest BCUT2D eigenvalue weighted by Crippen LogP contribution is -2.39. The number of amides is 2. The fraction of sp³-hybridized carbons (Fsp3) is 0.286. The Kier molecular flexibility index (Phi) is 8.65. The maximum Gasteiger partial charge on any atom is 0.264 e. The Labute approximate surface area is 220 Å². The number of imidazole rings is 1. The molecule has 10 nitrogen and oxygen atoms in total. The lowest BCUT2D eigenvalue weighted by molar-refractivity contribution is -0.126. The molecule has 1 N–H and O–H groups in total. The average Bonchev–Trinajstić information content (AvgIpc) is 3.09. The number of hydrogen-bond acceptors (Lipinski definition) is 7. The van der Waals surface area contributed by atoms with E-state index >= 15 is 0 Å². The first kappa shape index (κ1) is 27.2. The van der Waals surface area contributed by atoms with Crippen LogP contribution < -0.4 is 15.0 Å². The fourth-order valence-corrected chi connectivity index (χ4v) is 4.31. The molecule has 35 heavy (non-hydrogen) atoms. The van der Waals surface area contributed by atoms with Gasteiger partial charge in [-0.05, 0) is 47.1 Å². The van der Waals surface area contributed by atoms with Gasteiger partial charge in [0.1, 0.15) is 17.8 Å². The van der Waals surface area contributed by atoms with Gasteiger partial charge in [-0.3, -0.25) is 18.2 Å². The third kappa shape index (κ3) is 6.64. The van der Waals surface area contributed by atoms with E-state index in [4.69, 9.17) is 27.9 Å². The van der Waals surface area contributed by atoms with Gasteiger partial charge in [0.2, 0.25) is 11.8 Å². The van der Waals surface area contributed by atoms with Crippen LogP contribution in [0.15, 0.2) is 35.1 Å². The van der Waals surface area contributed by atoms with Crippen LogP contribution in [-0.4, -0.2) is 56.1 Å². The molecule has 0 bridgehead atoms. The van der Waals surface area contributed by atoms with Crippen LogP contribution in [0.25, 0.3) is 5.65 Å². The number of nitrogens with zero attached hydrogens (tertiary/aromatic N) is 3. The van der Waals surface area contributed by atoms with E-state index in [-0.39, 0.29) is 11.6 Å². The van der Waals surface area contributed by atoms with Crippen molar-refractivity contribution in [1.82, 2.24) is 14.7 Å². The number of benzene rings is 1. The number of aromatic nitrogens is 2. The van der Waals surface area contributed by atoms with Crippen LogP contribution in [-0.2, 0) is 30.5 Å². The molecule has 188 valence electrons. The van der Waals surface area contributed by atoms with Crippen molar-refractivity contribution >= 4 is 72.4 Å². The lowest BCUT2D eigenvalue weighted by Gasteiger charge is -2.21. The summed E-state index contributed by atoms with van der Waals surface area (Å²) in [5.41, 5.74) is 2.22. The molecular weight excluding hydrogens is 587 g/mol. The monoisotopic (exact) mass is 606 g/mol. The minimum absolute atomic E-state index is 0.0102. The SMILES string of the molecule is Cc1nc2c(OCc3c(Cl)ccc(N(C)C(=O)CNC(=O)COS(C)(=O)=O)c3Cl)cccn2c1Br. The van der Waals surface area contributed by atoms with E-state index in [0.717, 1.165) is 16.6 Å². The molecular formula is C21H21BrCl2N4O6S. The predicted molar refractivity (Wildman–Crippen MR) is 136 cm³/mol. The molecule has 1 aromatic carbocycles. The minimum Gasteiger partial charge on any atom is -0.485 e. The lowest BCUT2D eigenvalue weighted by atomic mass is 10.2. The van der Waals surface area contributed by atoms with Gasteiger partial charge in [0.05, 0.1) is 29.2 Å². The van der Waals surface area contributed by atoms with Gasteiger partial charge in [0.25, 0.3) is 10.1 Å². The first-order chi connectivity index (χ1) is 16.4. The number of hydrogen-bond donors (Lipinski definition) is 1. The van der Waals surface area contributed by atoms with Crippen LogP contribution in [0.4, 0.5) is 5.69 Å². The zero-order valence-corrected chi connectivity index (χ0v) is 22.8. The maximum atomic E-state index is 12.6. The molecule has 2 heterocycles. The van der Waals surface area contributed by atoms with E-state index < -0.39 is 35.1 Å². The van der Waals surface area contributed by atoms with Crippen molar-refractivity contribution in [3.05, 3.63) is 56.4 Å². The van der Waals surface area contributed by atoms with Crippen molar-refractivity contribution in [2.75, 3.05) is 31.4 Å². The summed E-state index contributed by atoms with van der Waals surface area (Å²) in [4.78, 5) is 30.0. The van der Waals surface area contributed by atoms with Gasteiger partial charge in [-0.25, -0.2) is 4.98 Å². The Morgan fingerprint density at radius 2 is 1.97 bits per heavy atom. The number of anilines is 1. The van der Waals surface area contributed by atoms with E-state index in [1.165, 1.54) is 11.9 Å². The Morgan fingerprint density at radius 1 is 1.26 bits per heavy atom. The van der Waals surface area contributed by atoms with Gasteiger partial charge >= 0.3 is 0 Å². The second-order valence-corrected chi connectivity index (χ2v) is 10.6. The molecule has 3 aromatic rings. The Balaban J connectivity index is 1.72. The fourth-order valence-electron chi connectivity index (χ4n) is 3.00. The van der Waals surface area contributed by atoms with E-state index in [0.29, 0.717) is 27.7 Å². The summed E-state index contributed by atoms with van der Waals surface area (Å²) in [5.74, 6) is -0.748. The largest absolute Gasteiger partial charge is 0.485 e. The zero-order chi connectivity index (χ0) is 25.9. The van der Waals surface area contributed by atoms with Crippen molar-refractivity contribution in [3.63, 3.8) is 0 Å². The average molecular weight is 608 g/mol. The summed E-state index contributed by atoms with van der Waals surface area (Å²) in [6.07, 6.45) is 2.66. The molecule has 14 heteroatoms. The van der Waals surface area contributed by atoms with Gasteiger partial charge in [-0.1, -0.05) is 23.2 Å². The maximum absolute atomic E-state index is 12.6. The van der Waals surface area contributed by atoms with Gasteiger partial charge in [0, 0.05) is 23.8 Å². The number of ether oxygens (including phenoxy) is 1. The zero-order valence-electron chi connectivity index (χ0n) is 18.8. The van der Waals surface area contributed by atoms with Crippen molar-refractivity contribution < 1.29 is 26.9 Å². The number of fused-ring (bicyclic) bond motifs is 1. The van der Waals surface area contributed by atoms with Gasteiger partial charge < -0.3 is 15.0 Å². The molecule has 2 aromatic heterocycles. The van der Waals surface area contributed by atoms with Crippen molar-refractivity contribution in [2.45, 2.75) is 13.5 Å². The molecule has 0 spiro atoms. The number of nitrogens with one attached hydrogen (secondary N) is 1.